The van der Waals surface area contributed by atoms with E-state index in [0.29, 0.717) is 10.2 Å². The number of carbonyl (C=O) groups excluding carboxylic acids is 1. The lowest BCUT2D eigenvalue weighted by Gasteiger charge is -2.25. The molecule has 0 amide bonds. The predicted molar refractivity (Wildman–Crippen MR) is 139 cm³/mol. The van der Waals surface area contributed by atoms with Crippen LogP contribution in [-0.4, -0.2) is 51.6 Å². The van der Waals surface area contributed by atoms with Crippen molar-refractivity contribution < 1.29 is 33.0 Å². The molecular formula is C23H29N4O7PS2. The highest BCUT2D eigenvalue weighted by atomic mass is 32.1. The molecule has 0 aliphatic carbocycles. The van der Waals surface area contributed by atoms with Crippen molar-refractivity contribution >= 4 is 38.2 Å². The van der Waals surface area contributed by atoms with Gasteiger partial charge in [-0.1, -0.05) is 30.4 Å². The van der Waals surface area contributed by atoms with Crippen LogP contribution in [0.25, 0.3) is 0 Å². The zero-order valence-corrected chi connectivity index (χ0v) is 23.2. The molecule has 14 heteroatoms. The summed E-state index contributed by atoms with van der Waals surface area (Å²) in [7, 11) is -4.19. The fraction of sp³-hybridized carbons (Fsp3) is 0.478. The Morgan fingerprint density at radius 1 is 1.32 bits per heavy atom. The first-order valence-corrected chi connectivity index (χ1v) is 13.8. The van der Waals surface area contributed by atoms with Gasteiger partial charge in [-0.05, 0) is 52.0 Å². The number of ether oxygens (including phenoxy) is 2. The van der Waals surface area contributed by atoms with E-state index in [1.165, 1.54) is 11.5 Å². The maximum absolute atomic E-state index is 13.7. The topological polar surface area (TPSA) is 148 Å². The number of aryl methyl sites for hydroxylation is 1. The number of esters is 1. The van der Waals surface area contributed by atoms with Gasteiger partial charge in [0.25, 0.3) is 0 Å². The number of aromatic nitrogens is 2. The third-order valence-electron chi connectivity index (χ3n) is 5.37. The van der Waals surface area contributed by atoms with Crippen LogP contribution in [0.1, 0.15) is 32.6 Å². The standard InChI is InChI=1S/C23H29N4O7PS2/c1-13(2)32-22(29)15(4)26-35(30,34-16-8-6-5-7-9-16)31-12-18-19(28)17(10-24)21(33-18)27-11-14(3)20(36)25-23(27)37/h5-9,11,13,15,17-19,21,28H,12H2,1-4H3,(H,26,30)(H,25,36,37)/t15-,17?,18-,19-,21-,35?/m0/s1. The van der Waals surface area contributed by atoms with Gasteiger partial charge in [-0.25, -0.2) is 4.57 Å². The summed E-state index contributed by atoms with van der Waals surface area (Å²) in [5.74, 6) is -1.43. The van der Waals surface area contributed by atoms with Crippen LogP contribution in [0, 0.1) is 33.6 Å². The van der Waals surface area contributed by atoms with E-state index >= 15 is 0 Å². The van der Waals surface area contributed by atoms with Crippen molar-refractivity contribution in [2.75, 3.05) is 6.61 Å². The van der Waals surface area contributed by atoms with Gasteiger partial charge in [0.1, 0.15) is 34.6 Å². The molecule has 0 spiro atoms. The van der Waals surface area contributed by atoms with Crippen molar-refractivity contribution in [1.82, 2.24) is 14.6 Å². The summed E-state index contributed by atoms with van der Waals surface area (Å²) in [5.41, 5.74) is 0.699. The van der Waals surface area contributed by atoms with E-state index in [9.17, 15) is 19.7 Å². The van der Waals surface area contributed by atoms with Gasteiger partial charge in [-0.15, -0.1) is 0 Å². The molecule has 2 aromatic rings. The van der Waals surface area contributed by atoms with Gasteiger partial charge >= 0.3 is 13.7 Å². The van der Waals surface area contributed by atoms with Crippen LogP contribution in [0.3, 0.4) is 0 Å². The number of nitriles is 1. The Hall–Kier alpha value is -2.43. The number of aromatic amines is 1. The van der Waals surface area contributed by atoms with Gasteiger partial charge in [-0.3, -0.25) is 13.9 Å². The molecule has 1 aromatic heterocycles. The number of nitrogens with zero attached hydrogens (tertiary/aromatic N) is 2. The minimum atomic E-state index is -4.19. The summed E-state index contributed by atoms with van der Waals surface area (Å²) < 4.78 is 38.2. The average Bonchev–Trinajstić information content (AvgIpc) is 3.15. The molecule has 200 valence electrons. The summed E-state index contributed by atoms with van der Waals surface area (Å²) >= 11 is 10.5. The van der Waals surface area contributed by atoms with Gasteiger partial charge in [-0.2, -0.15) is 10.3 Å². The zero-order chi connectivity index (χ0) is 27.3. The number of aliphatic hydroxyl groups is 1. The summed E-state index contributed by atoms with van der Waals surface area (Å²) in [5, 5.41) is 23.1. The minimum absolute atomic E-state index is 0.215. The van der Waals surface area contributed by atoms with E-state index in [2.05, 4.69) is 10.1 Å². The lowest BCUT2D eigenvalue weighted by atomic mass is 10.0. The summed E-state index contributed by atoms with van der Waals surface area (Å²) in [6, 6.07) is 9.25. The molecule has 0 saturated carbocycles. The third-order valence-corrected chi connectivity index (χ3v) is 7.75. The zero-order valence-electron chi connectivity index (χ0n) is 20.7. The summed E-state index contributed by atoms with van der Waals surface area (Å²) in [6.45, 7) is 6.19. The highest BCUT2D eigenvalue weighted by Crippen LogP contribution is 2.46. The minimum Gasteiger partial charge on any atom is -0.462 e. The number of nitrogens with one attached hydrogen (secondary N) is 2. The Morgan fingerprint density at radius 3 is 2.62 bits per heavy atom. The second-order valence-corrected chi connectivity index (χ2v) is 11.2. The van der Waals surface area contributed by atoms with Gasteiger partial charge in [0.15, 0.2) is 11.0 Å². The first-order valence-electron chi connectivity index (χ1n) is 11.5. The van der Waals surface area contributed by atoms with Crippen LogP contribution in [0.4, 0.5) is 0 Å². The van der Waals surface area contributed by atoms with Crippen molar-refractivity contribution in [3.05, 3.63) is 51.5 Å². The molecule has 6 atom stereocenters. The first-order chi connectivity index (χ1) is 17.4. The molecule has 1 aliphatic heterocycles. The molecule has 2 heterocycles. The molecule has 2 unspecified atom stereocenters. The Morgan fingerprint density at radius 2 is 2.00 bits per heavy atom. The van der Waals surface area contributed by atoms with E-state index < -0.39 is 50.7 Å². The van der Waals surface area contributed by atoms with E-state index in [1.807, 2.05) is 6.07 Å². The number of rotatable bonds is 10. The molecular weight excluding hydrogens is 539 g/mol. The van der Waals surface area contributed by atoms with Gasteiger partial charge in [0, 0.05) is 11.8 Å². The number of benzene rings is 1. The molecule has 1 aromatic carbocycles. The van der Waals surface area contributed by atoms with Crippen molar-refractivity contribution in [2.45, 2.75) is 58.3 Å². The quantitative estimate of drug-likeness (QED) is 0.216. The van der Waals surface area contributed by atoms with Gasteiger partial charge in [0.05, 0.1) is 18.8 Å². The van der Waals surface area contributed by atoms with E-state index in [1.54, 1.807) is 57.3 Å². The molecule has 1 aliphatic rings. The molecule has 0 bridgehead atoms. The summed E-state index contributed by atoms with van der Waals surface area (Å²) in [4.78, 5) is 15.2. The molecule has 1 saturated heterocycles. The normalized spacial score (nSPS) is 23.7. The Balaban J connectivity index is 1.81. The molecule has 37 heavy (non-hydrogen) atoms. The van der Waals surface area contributed by atoms with Crippen molar-refractivity contribution in [3.63, 3.8) is 0 Å². The van der Waals surface area contributed by atoms with Crippen molar-refractivity contribution in [3.8, 4) is 11.8 Å². The number of carbonyl (C=O) groups is 1. The fourth-order valence-corrected chi connectivity index (χ4v) is 5.52. The highest BCUT2D eigenvalue weighted by Gasteiger charge is 2.46. The maximum Gasteiger partial charge on any atom is 0.459 e. The number of hydrogen-bond acceptors (Lipinski definition) is 10. The van der Waals surface area contributed by atoms with Gasteiger partial charge in [0.2, 0.25) is 0 Å². The van der Waals surface area contributed by atoms with E-state index in [-0.39, 0.29) is 16.6 Å². The van der Waals surface area contributed by atoms with Crippen molar-refractivity contribution in [2.24, 2.45) is 5.92 Å². The van der Waals surface area contributed by atoms with Crippen LogP contribution in [-0.2, 0) is 23.4 Å². The Kier molecular flexibility index (Phi) is 9.77. The van der Waals surface area contributed by atoms with Crippen LogP contribution in [0.2, 0.25) is 0 Å². The van der Waals surface area contributed by atoms with Crippen molar-refractivity contribution in [1.29, 1.82) is 5.26 Å². The fourth-order valence-electron chi connectivity index (χ4n) is 3.54. The van der Waals surface area contributed by atoms with Crippen LogP contribution in [0.15, 0.2) is 36.5 Å². The lowest BCUT2D eigenvalue weighted by molar-refractivity contribution is -0.149. The number of aliphatic hydroxyl groups excluding tert-OH is 1. The number of H-pyrrole nitrogens is 1. The highest BCUT2D eigenvalue weighted by molar-refractivity contribution is 7.72. The third kappa shape index (κ3) is 7.33. The van der Waals surface area contributed by atoms with E-state index in [0.717, 1.165) is 0 Å². The first kappa shape index (κ1) is 29.1. The second-order valence-electron chi connectivity index (χ2n) is 8.72. The molecule has 3 N–H and O–H groups in total. The second kappa shape index (κ2) is 12.4. The largest absolute Gasteiger partial charge is 0.462 e. The SMILES string of the molecule is Cc1cn([C@H]2O[C@@H](COP(=O)(N[C@@H](C)C(=O)OC(C)C)Oc3ccccc3)[C@@H](O)C2C#N)c(=S)[nH]c1=S. The monoisotopic (exact) mass is 568 g/mol. The van der Waals surface area contributed by atoms with Crippen LogP contribution < -0.4 is 9.61 Å². The maximum atomic E-state index is 13.7. The molecule has 3 rings (SSSR count). The Bertz CT molecular complexity index is 1310. The smallest absolute Gasteiger partial charge is 0.459 e. The average molecular weight is 569 g/mol. The Labute approximate surface area is 224 Å². The number of para-hydroxylation sites is 1. The number of hydrogen-bond donors (Lipinski definition) is 3. The molecule has 1 fully saturated rings. The van der Waals surface area contributed by atoms with Crippen LogP contribution in [0.5, 0.6) is 5.75 Å². The molecule has 11 nitrogen and oxygen atoms in total. The van der Waals surface area contributed by atoms with Crippen LogP contribution >= 0.6 is 32.2 Å². The summed E-state index contributed by atoms with van der Waals surface area (Å²) in [6.07, 6.45) is -2.05. The molecule has 0 radical (unpaired) electrons. The van der Waals surface area contributed by atoms with Gasteiger partial charge < -0.3 is 24.1 Å². The predicted octanol–water partition coefficient (Wildman–Crippen LogP) is 4.12. The lowest BCUT2D eigenvalue weighted by Crippen LogP contribution is -2.37. The van der Waals surface area contributed by atoms with E-state index in [4.69, 9.17) is 43.0 Å².